The Balaban J connectivity index is 2.65. The van der Waals surface area contributed by atoms with Gasteiger partial charge in [-0.15, -0.1) is 0 Å². The number of benzene rings is 1. The number of halogens is 5. The molecule has 0 aliphatic carbocycles. The largest absolute Gasteiger partial charge is 0.451 e. The van der Waals surface area contributed by atoms with Crippen molar-refractivity contribution in [2.45, 2.75) is 13.1 Å². The topological polar surface area (TPSA) is 51.8 Å². The number of hydrogen-bond acceptors (Lipinski definition) is 3. The summed E-state index contributed by atoms with van der Waals surface area (Å²) in [5.74, 6) is -4.42. The van der Waals surface area contributed by atoms with Crippen molar-refractivity contribution in [1.82, 2.24) is 9.97 Å². The zero-order chi connectivity index (χ0) is 15.1. The molecule has 1 aromatic carbocycles. The number of hydrogen-bond donors (Lipinski definition) is 1. The Morgan fingerprint density at radius 2 is 1.70 bits per heavy atom. The highest BCUT2D eigenvalue weighted by atomic mass is 19.4. The first-order valence-electron chi connectivity index (χ1n) is 5.37. The van der Waals surface area contributed by atoms with Crippen molar-refractivity contribution in [1.29, 1.82) is 0 Å². The molecule has 2 rings (SSSR count). The fraction of sp³-hybridized carbons (Fsp3) is 0.167. The molecule has 0 saturated heterocycles. The number of rotatable bonds is 1. The highest BCUT2D eigenvalue weighted by Crippen LogP contribution is 2.31. The van der Waals surface area contributed by atoms with Crippen molar-refractivity contribution in [3.63, 3.8) is 0 Å². The SMILES string of the molecule is Cc1ccc(-c2cc(N)nc(C(F)(F)F)n2)c(F)c1F. The Kier molecular flexibility index (Phi) is 3.33. The van der Waals surface area contributed by atoms with Crippen LogP contribution in [-0.2, 0) is 6.18 Å². The van der Waals surface area contributed by atoms with Crippen LogP contribution in [0.15, 0.2) is 18.2 Å². The molecule has 20 heavy (non-hydrogen) atoms. The van der Waals surface area contributed by atoms with E-state index in [1.165, 1.54) is 13.0 Å². The molecule has 0 aliphatic rings. The van der Waals surface area contributed by atoms with E-state index in [-0.39, 0.29) is 5.56 Å². The quantitative estimate of drug-likeness (QED) is 0.819. The number of nitrogen functional groups attached to an aromatic ring is 1. The van der Waals surface area contributed by atoms with Crippen molar-refractivity contribution in [3.8, 4) is 11.3 Å². The smallest absolute Gasteiger partial charge is 0.384 e. The molecule has 2 N–H and O–H groups in total. The average Bonchev–Trinajstić information content (AvgIpc) is 2.34. The van der Waals surface area contributed by atoms with Crippen LogP contribution in [0.1, 0.15) is 11.4 Å². The van der Waals surface area contributed by atoms with E-state index in [4.69, 9.17) is 5.73 Å². The molecule has 0 amide bonds. The molecule has 0 bridgehead atoms. The Labute approximate surface area is 110 Å². The van der Waals surface area contributed by atoms with E-state index in [0.717, 1.165) is 12.1 Å². The van der Waals surface area contributed by atoms with E-state index in [1.54, 1.807) is 0 Å². The summed E-state index contributed by atoms with van der Waals surface area (Å²) < 4.78 is 64.9. The van der Waals surface area contributed by atoms with Crippen LogP contribution in [0.4, 0.5) is 27.8 Å². The number of alkyl halides is 3. The van der Waals surface area contributed by atoms with Crippen LogP contribution >= 0.6 is 0 Å². The van der Waals surface area contributed by atoms with Crippen LogP contribution in [0.3, 0.4) is 0 Å². The van der Waals surface area contributed by atoms with E-state index in [0.29, 0.717) is 0 Å². The molecule has 2 aromatic rings. The molecule has 0 saturated carbocycles. The third kappa shape index (κ3) is 2.54. The minimum Gasteiger partial charge on any atom is -0.384 e. The summed E-state index contributed by atoms with van der Waals surface area (Å²) >= 11 is 0. The zero-order valence-corrected chi connectivity index (χ0v) is 10.1. The van der Waals surface area contributed by atoms with Crippen LogP contribution in [0, 0.1) is 18.6 Å². The second-order valence-corrected chi connectivity index (χ2v) is 4.06. The first-order valence-corrected chi connectivity index (χ1v) is 5.37. The van der Waals surface area contributed by atoms with Gasteiger partial charge in [-0.1, -0.05) is 6.07 Å². The molecule has 0 aliphatic heterocycles. The second kappa shape index (κ2) is 4.69. The summed E-state index contributed by atoms with van der Waals surface area (Å²) in [5, 5.41) is 0. The standard InChI is InChI=1S/C12H8F5N3/c1-5-2-3-6(10(14)9(5)13)7-4-8(18)20-11(19-7)12(15,16)17/h2-4H,1H3,(H2,18,19,20). The fourth-order valence-electron chi connectivity index (χ4n) is 1.57. The van der Waals surface area contributed by atoms with Gasteiger partial charge in [-0.2, -0.15) is 13.2 Å². The molecule has 106 valence electrons. The number of aryl methyl sites for hydroxylation is 1. The first kappa shape index (κ1) is 14.2. The number of aromatic nitrogens is 2. The molecule has 3 nitrogen and oxygen atoms in total. The summed E-state index contributed by atoms with van der Waals surface area (Å²) in [4.78, 5) is 6.21. The molecule has 0 unspecified atom stereocenters. The average molecular weight is 289 g/mol. The molecule has 0 spiro atoms. The lowest BCUT2D eigenvalue weighted by molar-refractivity contribution is -0.144. The molecule has 1 heterocycles. The number of anilines is 1. The molecule has 8 heteroatoms. The van der Waals surface area contributed by atoms with Crippen LogP contribution < -0.4 is 5.73 Å². The third-order valence-electron chi connectivity index (χ3n) is 2.55. The summed E-state index contributed by atoms with van der Waals surface area (Å²) in [6, 6.07) is 3.32. The second-order valence-electron chi connectivity index (χ2n) is 4.06. The maximum absolute atomic E-state index is 13.8. The summed E-state index contributed by atoms with van der Waals surface area (Å²) in [6.45, 7) is 1.33. The van der Waals surface area contributed by atoms with Crippen molar-refractivity contribution in [3.05, 3.63) is 41.2 Å². The lowest BCUT2D eigenvalue weighted by Crippen LogP contribution is -2.13. The van der Waals surface area contributed by atoms with Gasteiger partial charge < -0.3 is 5.73 Å². The molecular weight excluding hydrogens is 281 g/mol. The van der Waals surface area contributed by atoms with Crippen LogP contribution in [0.5, 0.6) is 0 Å². The van der Waals surface area contributed by atoms with E-state index >= 15 is 0 Å². The minimum absolute atomic E-state index is 0.0318. The Morgan fingerprint density at radius 1 is 1.05 bits per heavy atom. The molecule has 0 fully saturated rings. The van der Waals surface area contributed by atoms with Crippen molar-refractivity contribution in [2.75, 3.05) is 5.73 Å². The number of nitrogens with zero attached hydrogens (tertiary/aromatic N) is 2. The van der Waals surface area contributed by atoms with Gasteiger partial charge >= 0.3 is 6.18 Å². The van der Waals surface area contributed by atoms with Crippen molar-refractivity contribution < 1.29 is 22.0 Å². The summed E-state index contributed by atoms with van der Waals surface area (Å²) in [5.41, 5.74) is 4.44. The van der Waals surface area contributed by atoms with Gasteiger partial charge in [-0.25, -0.2) is 18.7 Å². The van der Waals surface area contributed by atoms with E-state index < -0.39 is 40.7 Å². The van der Waals surface area contributed by atoms with Gasteiger partial charge in [-0.05, 0) is 18.6 Å². The zero-order valence-electron chi connectivity index (χ0n) is 10.1. The summed E-state index contributed by atoms with van der Waals surface area (Å²) in [7, 11) is 0. The summed E-state index contributed by atoms with van der Waals surface area (Å²) in [6.07, 6.45) is -4.83. The predicted molar refractivity (Wildman–Crippen MR) is 61.5 cm³/mol. The predicted octanol–water partition coefficient (Wildman–Crippen LogP) is 3.33. The lowest BCUT2D eigenvalue weighted by atomic mass is 10.1. The molecule has 0 radical (unpaired) electrons. The highest BCUT2D eigenvalue weighted by Gasteiger charge is 2.35. The van der Waals surface area contributed by atoms with Gasteiger partial charge in [0, 0.05) is 11.6 Å². The van der Waals surface area contributed by atoms with Gasteiger partial charge in [0.2, 0.25) is 5.82 Å². The maximum Gasteiger partial charge on any atom is 0.451 e. The van der Waals surface area contributed by atoms with Crippen molar-refractivity contribution >= 4 is 5.82 Å². The van der Waals surface area contributed by atoms with Crippen LogP contribution in [0.25, 0.3) is 11.3 Å². The lowest BCUT2D eigenvalue weighted by Gasteiger charge is -2.10. The van der Waals surface area contributed by atoms with Crippen LogP contribution in [-0.4, -0.2) is 9.97 Å². The van der Waals surface area contributed by atoms with Gasteiger partial charge in [0.15, 0.2) is 11.6 Å². The Bertz CT molecular complexity index is 667. The molecule has 1 aromatic heterocycles. The van der Waals surface area contributed by atoms with Gasteiger partial charge in [0.1, 0.15) is 5.82 Å². The molecule has 0 atom stereocenters. The van der Waals surface area contributed by atoms with Crippen LogP contribution in [0.2, 0.25) is 0 Å². The Hall–Kier alpha value is -2.25. The van der Waals surface area contributed by atoms with Crippen molar-refractivity contribution in [2.24, 2.45) is 0 Å². The minimum atomic E-state index is -4.83. The Morgan fingerprint density at radius 3 is 2.30 bits per heavy atom. The van der Waals surface area contributed by atoms with Gasteiger partial charge in [0.05, 0.1) is 5.69 Å². The normalized spacial score (nSPS) is 11.7. The first-order chi connectivity index (χ1) is 9.20. The number of nitrogens with two attached hydrogens (primary N) is 1. The molecular formula is C12H8F5N3. The van der Waals surface area contributed by atoms with Gasteiger partial charge in [-0.3, -0.25) is 0 Å². The van der Waals surface area contributed by atoms with E-state index in [9.17, 15) is 22.0 Å². The van der Waals surface area contributed by atoms with E-state index in [1.807, 2.05) is 0 Å². The maximum atomic E-state index is 13.8. The fourth-order valence-corrected chi connectivity index (χ4v) is 1.57. The van der Waals surface area contributed by atoms with E-state index in [2.05, 4.69) is 9.97 Å². The van der Waals surface area contributed by atoms with Gasteiger partial charge in [0.25, 0.3) is 0 Å². The monoisotopic (exact) mass is 289 g/mol. The highest BCUT2D eigenvalue weighted by molar-refractivity contribution is 5.63. The third-order valence-corrected chi connectivity index (χ3v) is 2.55.